The van der Waals surface area contributed by atoms with Crippen molar-refractivity contribution in [3.05, 3.63) is 42.2 Å². The van der Waals surface area contributed by atoms with Gasteiger partial charge in [0.15, 0.2) is 0 Å². The van der Waals surface area contributed by atoms with E-state index in [0.29, 0.717) is 12.3 Å². The lowest BCUT2D eigenvalue weighted by Gasteiger charge is -2.01. The molecule has 0 saturated carbocycles. The fraction of sp³-hybridized carbons (Fsp3) is 0.231. The minimum absolute atomic E-state index is 0.0938. The summed E-state index contributed by atoms with van der Waals surface area (Å²) in [6.07, 6.45) is 0. The smallest absolute Gasteiger partial charge is 0.313 e. The van der Waals surface area contributed by atoms with Crippen molar-refractivity contribution in [2.75, 3.05) is 20.3 Å². The first-order valence-corrected chi connectivity index (χ1v) is 5.74. The maximum Gasteiger partial charge on any atom is 0.313 e. The lowest BCUT2D eigenvalue weighted by atomic mass is 10.1. The van der Waals surface area contributed by atoms with E-state index in [9.17, 15) is 4.79 Å². The summed E-state index contributed by atoms with van der Waals surface area (Å²) in [5.74, 6) is -0.387. The minimum atomic E-state index is -0.481. The van der Waals surface area contributed by atoms with E-state index >= 15 is 0 Å². The van der Waals surface area contributed by atoms with Crippen LogP contribution >= 0.6 is 0 Å². The molecule has 1 amide bonds. The number of aromatic nitrogens is 1. The lowest BCUT2D eigenvalue weighted by molar-refractivity contribution is 0.00692. The number of ether oxygens (including phenoxy) is 1. The van der Waals surface area contributed by atoms with Crippen LogP contribution in [-0.2, 0) is 9.57 Å². The van der Waals surface area contributed by atoms with Crippen LogP contribution in [0.1, 0.15) is 10.6 Å². The number of hydroxylamine groups is 1. The Bertz CT molecular complexity index is 524. The van der Waals surface area contributed by atoms with Crippen molar-refractivity contribution in [1.29, 1.82) is 0 Å². The molecule has 0 atom stereocenters. The van der Waals surface area contributed by atoms with Crippen LogP contribution in [0.25, 0.3) is 11.3 Å². The number of benzene rings is 1. The molecule has 0 spiro atoms. The standard InChI is InChI=1S/C13H14N2O4/c1-17-7-8-18-15-13(16)12-9-11(14-19-12)10-5-3-2-4-6-10/h2-6,9H,7-8H2,1H3,(H,15,16). The van der Waals surface area contributed by atoms with Gasteiger partial charge < -0.3 is 9.26 Å². The zero-order valence-corrected chi connectivity index (χ0v) is 10.5. The molecule has 2 aromatic rings. The van der Waals surface area contributed by atoms with Crippen LogP contribution < -0.4 is 5.48 Å². The Kier molecular flexibility index (Phi) is 4.66. The molecule has 0 aliphatic rings. The zero-order chi connectivity index (χ0) is 13.5. The molecule has 0 saturated heterocycles. The highest BCUT2D eigenvalue weighted by molar-refractivity contribution is 5.91. The van der Waals surface area contributed by atoms with Crippen LogP contribution in [0.4, 0.5) is 0 Å². The SMILES string of the molecule is COCCONC(=O)c1cc(-c2ccccc2)no1. The average Bonchev–Trinajstić information content (AvgIpc) is 2.94. The largest absolute Gasteiger partial charge is 0.382 e. The summed E-state index contributed by atoms with van der Waals surface area (Å²) >= 11 is 0. The predicted octanol–water partition coefficient (Wildman–Crippen LogP) is 1.65. The first-order valence-electron chi connectivity index (χ1n) is 5.74. The van der Waals surface area contributed by atoms with Crippen LogP contribution in [0.15, 0.2) is 40.9 Å². The summed E-state index contributed by atoms with van der Waals surface area (Å²) in [6, 6.07) is 11.0. The van der Waals surface area contributed by atoms with Crippen molar-refractivity contribution >= 4 is 5.91 Å². The van der Waals surface area contributed by atoms with E-state index in [1.165, 1.54) is 0 Å². The van der Waals surface area contributed by atoms with Gasteiger partial charge in [0.1, 0.15) is 5.69 Å². The fourth-order valence-corrected chi connectivity index (χ4v) is 1.42. The molecule has 0 unspecified atom stereocenters. The average molecular weight is 262 g/mol. The van der Waals surface area contributed by atoms with Crippen LogP contribution in [0.5, 0.6) is 0 Å². The van der Waals surface area contributed by atoms with Gasteiger partial charge in [-0.1, -0.05) is 35.5 Å². The molecule has 100 valence electrons. The number of hydrogen-bond donors (Lipinski definition) is 1. The van der Waals surface area contributed by atoms with Gasteiger partial charge in [-0.3, -0.25) is 9.63 Å². The molecule has 1 aromatic heterocycles. The number of hydrogen-bond acceptors (Lipinski definition) is 5. The Hall–Kier alpha value is -2.18. The van der Waals surface area contributed by atoms with Gasteiger partial charge in [0, 0.05) is 18.7 Å². The number of nitrogens with zero attached hydrogens (tertiary/aromatic N) is 1. The van der Waals surface area contributed by atoms with Crippen molar-refractivity contribution in [3.8, 4) is 11.3 Å². The van der Waals surface area contributed by atoms with Gasteiger partial charge >= 0.3 is 5.91 Å². The van der Waals surface area contributed by atoms with E-state index in [1.807, 2.05) is 30.3 Å². The van der Waals surface area contributed by atoms with Crippen molar-refractivity contribution in [3.63, 3.8) is 0 Å². The van der Waals surface area contributed by atoms with E-state index in [1.54, 1.807) is 13.2 Å². The highest BCUT2D eigenvalue weighted by Crippen LogP contribution is 2.18. The van der Waals surface area contributed by atoms with Gasteiger partial charge in [-0.2, -0.15) is 0 Å². The number of rotatable bonds is 6. The summed E-state index contributed by atoms with van der Waals surface area (Å²) in [5, 5.41) is 3.84. The monoisotopic (exact) mass is 262 g/mol. The quantitative estimate of drug-likeness (QED) is 0.633. The Labute approximate surface area is 110 Å². The number of carbonyl (C=O) groups excluding carboxylic acids is 1. The topological polar surface area (TPSA) is 73.6 Å². The minimum Gasteiger partial charge on any atom is -0.382 e. The maximum atomic E-state index is 11.6. The number of methoxy groups -OCH3 is 1. The molecule has 0 bridgehead atoms. The van der Waals surface area contributed by atoms with Crippen LogP contribution in [-0.4, -0.2) is 31.4 Å². The Morgan fingerprint density at radius 3 is 2.84 bits per heavy atom. The second kappa shape index (κ2) is 6.67. The highest BCUT2D eigenvalue weighted by Gasteiger charge is 2.13. The molecule has 1 N–H and O–H groups in total. The van der Waals surface area contributed by atoms with Gasteiger partial charge in [-0.15, -0.1) is 0 Å². The first kappa shape index (κ1) is 13.3. The Balaban J connectivity index is 1.95. The molecule has 1 heterocycles. The van der Waals surface area contributed by atoms with Gasteiger partial charge in [0.2, 0.25) is 5.76 Å². The molecule has 0 aliphatic carbocycles. The van der Waals surface area contributed by atoms with Crippen LogP contribution in [0, 0.1) is 0 Å². The van der Waals surface area contributed by atoms with E-state index in [0.717, 1.165) is 5.56 Å². The molecule has 6 nitrogen and oxygen atoms in total. The molecule has 19 heavy (non-hydrogen) atoms. The highest BCUT2D eigenvalue weighted by atomic mass is 16.7. The van der Waals surface area contributed by atoms with E-state index in [2.05, 4.69) is 10.6 Å². The second-order valence-corrected chi connectivity index (χ2v) is 3.71. The molecular formula is C13H14N2O4. The first-order chi connectivity index (χ1) is 9.31. The second-order valence-electron chi connectivity index (χ2n) is 3.71. The third-order valence-corrected chi connectivity index (χ3v) is 2.36. The molecule has 0 radical (unpaired) electrons. The summed E-state index contributed by atoms with van der Waals surface area (Å²) in [5.41, 5.74) is 3.73. The van der Waals surface area contributed by atoms with E-state index < -0.39 is 5.91 Å². The number of nitrogens with one attached hydrogen (secondary N) is 1. The van der Waals surface area contributed by atoms with Crippen LogP contribution in [0.3, 0.4) is 0 Å². The van der Waals surface area contributed by atoms with Crippen molar-refractivity contribution in [1.82, 2.24) is 10.6 Å². The van der Waals surface area contributed by atoms with Crippen molar-refractivity contribution in [2.24, 2.45) is 0 Å². The number of amides is 1. The molecule has 6 heteroatoms. The van der Waals surface area contributed by atoms with Crippen LogP contribution in [0.2, 0.25) is 0 Å². The molecular weight excluding hydrogens is 248 g/mol. The van der Waals surface area contributed by atoms with Crippen molar-refractivity contribution < 1.29 is 18.9 Å². The summed E-state index contributed by atoms with van der Waals surface area (Å²) < 4.78 is 9.74. The normalized spacial score (nSPS) is 10.4. The van der Waals surface area contributed by atoms with E-state index in [4.69, 9.17) is 14.1 Å². The third-order valence-electron chi connectivity index (χ3n) is 2.36. The molecule has 2 rings (SSSR count). The zero-order valence-electron chi connectivity index (χ0n) is 10.5. The maximum absolute atomic E-state index is 11.6. The van der Waals surface area contributed by atoms with Gasteiger partial charge in [-0.05, 0) is 0 Å². The van der Waals surface area contributed by atoms with Gasteiger partial charge in [0.05, 0.1) is 13.2 Å². The van der Waals surface area contributed by atoms with Gasteiger partial charge in [-0.25, -0.2) is 5.48 Å². The number of carbonyl (C=O) groups is 1. The van der Waals surface area contributed by atoms with Crippen molar-refractivity contribution in [2.45, 2.75) is 0 Å². The summed E-state index contributed by atoms with van der Waals surface area (Å²) in [6.45, 7) is 0.661. The molecule has 0 fully saturated rings. The third kappa shape index (κ3) is 3.64. The summed E-state index contributed by atoms with van der Waals surface area (Å²) in [7, 11) is 1.55. The fourth-order valence-electron chi connectivity index (χ4n) is 1.42. The Morgan fingerprint density at radius 1 is 1.32 bits per heavy atom. The molecule has 1 aromatic carbocycles. The van der Waals surface area contributed by atoms with Gasteiger partial charge in [0.25, 0.3) is 0 Å². The lowest BCUT2D eigenvalue weighted by Crippen LogP contribution is -2.24. The summed E-state index contributed by atoms with van der Waals surface area (Å²) in [4.78, 5) is 16.5. The Morgan fingerprint density at radius 2 is 2.11 bits per heavy atom. The van der Waals surface area contributed by atoms with E-state index in [-0.39, 0.29) is 12.4 Å². The predicted molar refractivity (Wildman–Crippen MR) is 67.2 cm³/mol. The molecule has 0 aliphatic heterocycles.